The van der Waals surface area contributed by atoms with Crippen molar-refractivity contribution in [1.82, 2.24) is 14.9 Å². The van der Waals surface area contributed by atoms with Crippen molar-refractivity contribution in [2.45, 2.75) is 26.3 Å². The van der Waals surface area contributed by atoms with E-state index < -0.39 is 5.92 Å². The van der Waals surface area contributed by atoms with Crippen molar-refractivity contribution in [3.05, 3.63) is 94.8 Å². The number of aromatic nitrogens is 2. The Morgan fingerprint density at radius 1 is 0.971 bits per heavy atom. The SMILES string of the molecule is CCN(CC)Cc1ccc(N=C(c2ccc3nccnc3c2)C2C(=O)Nc3cc(Cl)ccc32)cc1. The first kappa shape index (κ1) is 23.1. The maximum absolute atomic E-state index is 13.2. The van der Waals surface area contributed by atoms with Crippen LogP contribution in [0.25, 0.3) is 11.0 Å². The van der Waals surface area contributed by atoms with E-state index in [1.165, 1.54) is 5.56 Å². The van der Waals surface area contributed by atoms with E-state index in [1.807, 2.05) is 36.4 Å². The number of hydrogen-bond donors (Lipinski definition) is 1. The first-order chi connectivity index (χ1) is 17.1. The Labute approximate surface area is 209 Å². The van der Waals surface area contributed by atoms with Crippen LogP contribution in [-0.4, -0.2) is 39.6 Å². The van der Waals surface area contributed by atoms with Gasteiger partial charge in [0, 0.05) is 29.6 Å². The van der Waals surface area contributed by atoms with Gasteiger partial charge in [-0.1, -0.05) is 49.7 Å². The van der Waals surface area contributed by atoms with Crippen molar-refractivity contribution in [1.29, 1.82) is 0 Å². The molecule has 4 aromatic rings. The number of aliphatic imine (C=N–C) groups is 1. The van der Waals surface area contributed by atoms with E-state index in [-0.39, 0.29) is 5.91 Å². The Bertz CT molecular complexity index is 1410. The third-order valence-corrected chi connectivity index (χ3v) is 6.61. The molecular weight excluding hydrogens is 458 g/mol. The molecule has 5 rings (SSSR count). The lowest BCUT2D eigenvalue weighted by molar-refractivity contribution is -0.115. The monoisotopic (exact) mass is 483 g/mol. The van der Waals surface area contributed by atoms with Gasteiger partial charge in [0.15, 0.2) is 0 Å². The van der Waals surface area contributed by atoms with E-state index in [4.69, 9.17) is 16.6 Å². The van der Waals surface area contributed by atoms with E-state index >= 15 is 0 Å². The van der Waals surface area contributed by atoms with Gasteiger partial charge in [0.1, 0.15) is 5.92 Å². The molecule has 1 atom stereocenters. The first-order valence-electron chi connectivity index (χ1n) is 11.8. The third kappa shape index (κ3) is 4.81. The van der Waals surface area contributed by atoms with E-state index in [2.05, 4.69) is 46.2 Å². The van der Waals surface area contributed by atoms with Gasteiger partial charge in [-0.15, -0.1) is 0 Å². The number of rotatable bonds is 7. The summed E-state index contributed by atoms with van der Waals surface area (Å²) in [4.78, 5) is 29.4. The maximum Gasteiger partial charge on any atom is 0.238 e. The molecule has 0 saturated carbocycles. The summed E-state index contributed by atoms with van der Waals surface area (Å²) in [5, 5.41) is 3.54. The zero-order valence-corrected chi connectivity index (χ0v) is 20.5. The minimum atomic E-state index is -0.563. The quantitative estimate of drug-likeness (QED) is 0.328. The van der Waals surface area contributed by atoms with Crippen LogP contribution in [0.1, 0.15) is 36.5 Å². The largest absolute Gasteiger partial charge is 0.325 e. The number of fused-ring (bicyclic) bond motifs is 2. The molecule has 6 nitrogen and oxygen atoms in total. The van der Waals surface area contributed by atoms with Crippen LogP contribution in [0.5, 0.6) is 0 Å². The van der Waals surface area contributed by atoms with Gasteiger partial charge in [0.2, 0.25) is 5.91 Å². The number of hydrogen-bond acceptors (Lipinski definition) is 5. The molecular formula is C28H26ClN5O. The lowest BCUT2D eigenvalue weighted by Crippen LogP contribution is -2.22. The van der Waals surface area contributed by atoms with Crippen LogP contribution in [0.15, 0.2) is 78.0 Å². The topological polar surface area (TPSA) is 70.5 Å². The highest BCUT2D eigenvalue weighted by molar-refractivity contribution is 6.31. The van der Waals surface area contributed by atoms with Crippen LogP contribution < -0.4 is 5.32 Å². The number of nitrogens with zero attached hydrogens (tertiary/aromatic N) is 4. The number of anilines is 1. The van der Waals surface area contributed by atoms with Crippen molar-refractivity contribution >= 4 is 45.6 Å². The molecule has 3 aromatic carbocycles. The van der Waals surface area contributed by atoms with Crippen molar-refractivity contribution in [2.75, 3.05) is 18.4 Å². The molecule has 35 heavy (non-hydrogen) atoms. The molecule has 0 aliphatic carbocycles. The molecule has 2 heterocycles. The number of nitrogens with one attached hydrogen (secondary N) is 1. The summed E-state index contributed by atoms with van der Waals surface area (Å²) in [6.07, 6.45) is 3.33. The van der Waals surface area contributed by atoms with Crippen LogP contribution in [0, 0.1) is 0 Å². The minimum absolute atomic E-state index is 0.126. The van der Waals surface area contributed by atoms with E-state index in [1.54, 1.807) is 24.5 Å². The van der Waals surface area contributed by atoms with Crippen molar-refractivity contribution in [2.24, 2.45) is 4.99 Å². The second-order valence-corrected chi connectivity index (χ2v) is 8.97. The highest BCUT2D eigenvalue weighted by Gasteiger charge is 2.35. The fourth-order valence-corrected chi connectivity index (χ4v) is 4.62. The normalized spacial score (nSPS) is 15.5. The van der Waals surface area contributed by atoms with Gasteiger partial charge in [-0.2, -0.15) is 0 Å². The Hall–Kier alpha value is -3.61. The zero-order valence-electron chi connectivity index (χ0n) is 19.7. The molecule has 1 aliphatic heterocycles. The summed E-state index contributed by atoms with van der Waals surface area (Å²) >= 11 is 6.18. The highest BCUT2D eigenvalue weighted by atomic mass is 35.5. The van der Waals surface area contributed by atoms with Crippen molar-refractivity contribution in [3.63, 3.8) is 0 Å². The molecule has 0 saturated heterocycles. The van der Waals surface area contributed by atoms with Crippen LogP contribution in [0.3, 0.4) is 0 Å². The second kappa shape index (κ2) is 9.94. The lowest BCUT2D eigenvalue weighted by Gasteiger charge is -2.18. The number of carbonyl (C=O) groups excluding carboxylic acids is 1. The van der Waals surface area contributed by atoms with Crippen LogP contribution in [-0.2, 0) is 11.3 Å². The number of benzene rings is 3. The lowest BCUT2D eigenvalue weighted by atomic mass is 9.90. The standard InChI is InChI=1S/C28H26ClN5O/c1-3-34(4-2)17-18-5-9-21(10-6-18)32-27(19-7-12-23-25(15-19)31-14-13-30-23)26-22-11-8-20(29)16-24(22)33-28(26)35/h5-16,26H,3-4,17H2,1-2H3,(H,33,35). The minimum Gasteiger partial charge on any atom is -0.325 e. The van der Waals surface area contributed by atoms with Gasteiger partial charge < -0.3 is 5.32 Å². The summed E-state index contributed by atoms with van der Waals surface area (Å²) in [6.45, 7) is 7.24. The van der Waals surface area contributed by atoms with Gasteiger partial charge >= 0.3 is 0 Å². The van der Waals surface area contributed by atoms with Gasteiger partial charge in [-0.3, -0.25) is 24.7 Å². The average molecular weight is 484 g/mol. The van der Waals surface area contributed by atoms with Crippen LogP contribution in [0.2, 0.25) is 5.02 Å². The third-order valence-electron chi connectivity index (χ3n) is 6.37. The van der Waals surface area contributed by atoms with E-state index in [0.717, 1.165) is 53.2 Å². The Balaban J connectivity index is 1.59. The number of carbonyl (C=O) groups is 1. The molecule has 0 spiro atoms. The summed E-state index contributed by atoms with van der Waals surface area (Å²) in [6, 6.07) is 19.5. The average Bonchev–Trinajstić information content (AvgIpc) is 3.20. The molecule has 1 amide bonds. The van der Waals surface area contributed by atoms with Crippen molar-refractivity contribution < 1.29 is 4.79 Å². The predicted molar refractivity (Wildman–Crippen MR) is 142 cm³/mol. The second-order valence-electron chi connectivity index (χ2n) is 8.54. The molecule has 1 aliphatic rings. The van der Waals surface area contributed by atoms with Gasteiger partial charge in [-0.25, -0.2) is 0 Å². The van der Waals surface area contributed by atoms with Gasteiger partial charge in [0.05, 0.1) is 22.4 Å². The maximum atomic E-state index is 13.2. The fourth-order valence-electron chi connectivity index (χ4n) is 4.44. The summed E-state index contributed by atoms with van der Waals surface area (Å²) in [5.74, 6) is -0.690. The summed E-state index contributed by atoms with van der Waals surface area (Å²) in [7, 11) is 0. The Morgan fingerprint density at radius 3 is 2.46 bits per heavy atom. The molecule has 1 aromatic heterocycles. The molecule has 176 valence electrons. The molecule has 0 bridgehead atoms. The Kier molecular flexibility index (Phi) is 6.57. The summed E-state index contributed by atoms with van der Waals surface area (Å²) < 4.78 is 0. The zero-order chi connectivity index (χ0) is 24.4. The highest BCUT2D eigenvalue weighted by Crippen LogP contribution is 2.38. The van der Waals surface area contributed by atoms with Gasteiger partial charge in [0.25, 0.3) is 0 Å². The first-order valence-corrected chi connectivity index (χ1v) is 12.1. The smallest absolute Gasteiger partial charge is 0.238 e. The van der Waals surface area contributed by atoms with Gasteiger partial charge in [-0.05, 0) is 66.2 Å². The van der Waals surface area contributed by atoms with Crippen LogP contribution in [0.4, 0.5) is 11.4 Å². The number of halogens is 1. The predicted octanol–water partition coefficient (Wildman–Crippen LogP) is 5.98. The van der Waals surface area contributed by atoms with Crippen LogP contribution >= 0.6 is 11.6 Å². The molecule has 1 N–H and O–H groups in total. The fraction of sp³-hybridized carbons (Fsp3) is 0.214. The van der Waals surface area contributed by atoms with E-state index in [9.17, 15) is 4.79 Å². The molecule has 7 heteroatoms. The molecule has 1 unspecified atom stereocenters. The molecule has 0 fully saturated rings. The summed E-state index contributed by atoms with van der Waals surface area (Å²) in [5.41, 5.74) is 6.62. The van der Waals surface area contributed by atoms with E-state index in [0.29, 0.717) is 10.7 Å². The Morgan fingerprint density at radius 2 is 1.71 bits per heavy atom. The van der Waals surface area contributed by atoms with Crippen molar-refractivity contribution in [3.8, 4) is 0 Å². The molecule has 0 radical (unpaired) electrons. The number of amides is 1.